The van der Waals surface area contributed by atoms with Gasteiger partial charge in [-0.2, -0.15) is 13.2 Å². The molecule has 84 valence electrons. The van der Waals surface area contributed by atoms with E-state index in [1.54, 1.807) is 6.92 Å². The van der Waals surface area contributed by atoms with E-state index < -0.39 is 17.8 Å². The summed E-state index contributed by atoms with van der Waals surface area (Å²) in [5.41, 5.74) is 4.95. The molecule has 0 fully saturated rings. The average Bonchev–Trinajstić information content (AvgIpc) is 2.14. The van der Waals surface area contributed by atoms with Gasteiger partial charge in [-0.3, -0.25) is 0 Å². The number of alkyl halides is 3. The molecule has 15 heavy (non-hydrogen) atoms. The maximum absolute atomic E-state index is 12.6. The largest absolute Gasteiger partial charge is 0.416 e. The van der Waals surface area contributed by atoms with Crippen molar-refractivity contribution in [3.8, 4) is 0 Å². The molecule has 1 unspecified atom stereocenters. The number of halogens is 4. The Morgan fingerprint density at radius 1 is 1.40 bits per heavy atom. The summed E-state index contributed by atoms with van der Waals surface area (Å²) in [6, 6.07) is 2.82. The summed E-state index contributed by atoms with van der Waals surface area (Å²) in [7, 11) is 0. The highest BCUT2D eigenvalue weighted by atomic mass is 35.5. The van der Waals surface area contributed by atoms with Gasteiger partial charge in [-0.15, -0.1) is 0 Å². The van der Waals surface area contributed by atoms with Gasteiger partial charge in [0.25, 0.3) is 0 Å². The Morgan fingerprint density at radius 3 is 2.47 bits per heavy atom. The highest BCUT2D eigenvalue weighted by molar-refractivity contribution is 6.30. The summed E-state index contributed by atoms with van der Waals surface area (Å²) in [5, 5.41) is 0.266. The highest BCUT2D eigenvalue weighted by Crippen LogP contribution is 2.35. The van der Waals surface area contributed by atoms with Crippen LogP contribution < -0.4 is 5.73 Å². The van der Waals surface area contributed by atoms with E-state index in [0.29, 0.717) is 6.42 Å². The van der Waals surface area contributed by atoms with E-state index in [1.807, 2.05) is 0 Å². The van der Waals surface area contributed by atoms with Gasteiger partial charge >= 0.3 is 6.18 Å². The highest BCUT2D eigenvalue weighted by Gasteiger charge is 2.34. The molecule has 0 aromatic heterocycles. The average molecular weight is 238 g/mol. The van der Waals surface area contributed by atoms with Gasteiger partial charge in [-0.05, 0) is 30.2 Å². The minimum absolute atomic E-state index is 0.0532. The molecule has 0 saturated carbocycles. The molecule has 0 amide bonds. The number of hydrogen-bond acceptors (Lipinski definition) is 1. The summed E-state index contributed by atoms with van der Waals surface area (Å²) in [6.45, 7) is 1.73. The van der Waals surface area contributed by atoms with Crippen LogP contribution in [-0.2, 0) is 6.18 Å². The molecule has 0 saturated heterocycles. The van der Waals surface area contributed by atoms with E-state index >= 15 is 0 Å². The topological polar surface area (TPSA) is 26.0 Å². The van der Waals surface area contributed by atoms with Gasteiger partial charge in [-0.1, -0.05) is 18.5 Å². The first-order valence-corrected chi connectivity index (χ1v) is 4.86. The number of hydrogen-bond donors (Lipinski definition) is 1. The zero-order chi connectivity index (χ0) is 11.6. The van der Waals surface area contributed by atoms with Crippen LogP contribution in [0.1, 0.15) is 30.5 Å². The van der Waals surface area contributed by atoms with Crippen LogP contribution in [-0.4, -0.2) is 0 Å². The molecule has 1 atom stereocenters. The predicted octanol–water partition coefficient (Wildman–Crippen LogP) is 3.77. The van der Waals surface area contributed by atoms with Gasteiger partial charge in [0.2, 0.25) is 0 Å². The van der Waals surface area contributed by atoms with E-state index in [9.17, 15) is 13.2 Å². The molecule has 1 nitrogen and oxygen atoms in total. The monoisotopic (exact) mass is 237 g/mol. The van der Waals surface area contributed by atoms with Crippen LogP contribution in [0, 0.1) is 0 Å². The van der Waals surface area contributed by atoms with Gasteiger partial charge in [0, 0.05) is 11.1 Å². The Kier molecular flexibility index (Phi) is 3.62. The lowest BCUT2D eigenvalue weighted by molar-refractivity contribution is -0.138. The molecule has 0 spiro atoms. The SMILES string of the molecule is CCC(N)c1cc(Cl)ccc1C(F)(F)F. The Bertz CT molecular complexity index is 349. The minimum atomic E-state index is -4.38. The van der Waals surface area contributed by atoms with Crippen molar-refractivity contribution in [2.75, 3.05) is 0 Å². The number of rotatable bonds is 2. The Balaban J connectivity index is 3.27. The molecule has 0 aliphatic carbocycles. The van der Waals surface area contributed by atoms with Crippen LogP contribution in [0.3, 0.4) is 0 Å². The smallest absolute Gasteiger partial charge is 0.324 e. The van der Waals surface area contributed by atoms with Gasteiger partial charge in [-0.25, -0.2) is 0 Å². The van der Waals surface area contributed by atoms with Gasteiger partial charge < -0.3 is 5.73 Å². The van der Waals surface area contributed by atoms with Crippen LogP contribution in [0.25, 0.3) is 0 Å². The van der Waals surface area contributed by atoms with Crippen LogP contribution in [0.15, 0.2) is 18.2 Å². The molecule has 1 rings (SSSR count). The van der Waals surface area contributed by atoms with Crippen LogP contribution >= 0.6 is 11.6 Å². The molecule has 0 aliphatic rings. The first-order valence-electron chi connectivity index (χ1n) is 4.48. The molecule has 0 bridgehead atoms. The van der Waals surface area contributed by atoms with Crippen molar-refractivity contribution >= 4 is 11.6 Å². The molecular formula is C10H11ClF3N. The Hall–Kier alpha value is -0.740. The van der Waals surface area contributed by atoms with Gasteiger partial charge in [0.1, 0.15) is 0 Å². The molecule has 0 radical (unpaired) electrons. The van der Waals surface area contributed by atoms with Crippen molar-refractivity contribution in [3.05, 3.63) is 34.3 Å². The lowest BCUT2D eigenvalue weighted by Gasteiger charge is -2.17. The van der Waals surface area contributed by atoms with E-state index in [1.165, 1.54) is 12.1 Å². The molecule has 0 aliphatic heterocycles. The van der Waals surface area contributed by atoms with E-state index in [4.69, 9.17) is 17.3 Å². The fourth-order valence-electron chi connectivity index (χ4n) is 1.32. The maximum Gasteiger partial charge on any atom is 0.416 e. The van der Waals surface area contributed by atoms with Crippen LogP contribution in [0.5, 0.6) is 0 Å². The zero-order valence-corrected chi connectivity index (χ0v) is 8.86. The van der Waals surface area contributed by atoms with Crippen molar-refractivity contribution in [2.45, 2.75) is 25.6 Å². The fourth-order valence-corrected chi connectivity index (χ4v) is 1.50. The maximum atomic E-state index is 12.6. The third kappa shape index (κ3) is 2.86. The molecule has 1 aromatic carbocycles. The second-order valence-electron chi connectivity index (χ2n) is 3.24. The lowest BCUT2D eigenvalue weighted by Crippen LogP contribution is -2.16. The molecule has 1 aromatic rings. The Morgan fingerprint density at radius 2 is 2.00 bits per heavy atom. The molecule has 2 N–H and O–H groups in total. The van der Waals surface area contributed by atoms with E-state index in [0.717, 1.165) is 6.07 Å². The summed E-state index contributed by atoms with van der Waals surface area (Å²) >= 11 is 5.65. The summed E-state index contributed by atoms with van der Waals surface area (Å²) in [6.07, 6.45) is -3.95. The first kappa shape index (κ1) is 12.3. The van der Waals surface area contributed by atoms with Crippen molar-refractivity contribution in [1.29, 1.82) is 0 Å². The second kappa shape index (κ2) is 4.41. The van der Waals surface area contributed by atoms with Crippen molar-refractivity contribution in [1.82, 2.24) is 0 Å². The van der Waals surface area contributed by atoms with Gasteiger partial charge in [0.05, 0.1) is 5.56 Å². The quantitative estimate of drug-likeness (QED) is 0.833. The van der Waals surface area contributed by atoms with Crippen LogP contribution in [0.4, 0.5) is 13.2 Å². The minimum Gasteiger partial charge on any atom is -0.324 e. The number of nitrogens with two attached hydrogens (primary N) is 1. The summed E-state index contributed by atoms with van der Waals surface area (Å²) in [4.78, 5) is 0. The zero-order valence-electron chi connectivity index (χ0n) is 8.11. The molecule has 0 heterocycles. The van der Waals surface area contributed by atoms with Gasteiger partial charge in [0.15, 0.2) is 0 Å². The lowest BCUT2D eigenvalue weighted by atomic mass is 9.99. The third-order valence-electron chi connectivity index (χ3n) is 2.16. The van der Waals surface area contributed by atoms with Crippen LogP contribution in [0.2, 0.25) is 5.02 Å². The Labute approximate surface area is 91.0 Å². The summed E-state index contributed by atoms with van der Waals surface area (Å²) in [5.74, 6) is 0. The van der Waals surface area contributed by atoms with Crippen molar-refractivity contribution in [3.63, 3.8) is 0 Å². The molecular weight excluding hydrogens is 227 g/mol. The number of benzene rings is 1. The van der Waals surface area contributed by atoms with Crippen molar-refractivity contribution in [2.24, 2.45) is 5.73 Å². The predicted molar refractivity (Wildman–Crippen MR) is 53.7 cm³/mol. The normalized spacial score (nSPS) is 14.0. The standard InChI is InChI=1S/C10H11ClF3N/c1-2-9(15)7-5-6(11)3-4-8(7)10(12,13)14/h3-5,9H,2,15H2,1H3. The fraction of sp³-hybridized carbons (Fsp3) is 0.400. The van der Waals surface area contributed by atoms with Crippen molar-refractivity contribution < 1.29 is 13.2 Å². The third-order valence-corrected chi connectivity index (χ3v) is 2.39. The first-order chi connectivity index (χ1) is 6.86. The molecule has 5 heteroatoms. The summed E-state index contributed by atoms with van der Waals surface area (Å²) < 4.78 is 37.7. The van der Waals surface area contributed by atoms with E-state index in [2.05, 4.69) is 0 Å². The second-order valence-corrected chi connectivity index (χ2v) is 3.68. The van der Waals surface area contributed by atoms with E-state index in [-0.39, 0.29) is 10.6 Å².